The minimum atomic E-state index is -3.76. The van der Waals surface area contributed by atoms with Gasteiger partial charge in [-0.25, -0.2) is 34.8 Å². The number of benzene rings is 8. The number of anilines is 1. The highest BCUT2D eigenvalue weighted by Gasteiger charge is 2.32. The van der Waals surface area contributed by atoms with Crippen molar-refractivity contribution in [3.63, 3.8) is 0 Å². The van der Waals surface area contributed by atoms with E-state index in [2.05, 4.69) is 9.71 Å². The normalized spacial score (nSPS) is 14.2. The van der Waals surface area contributed by atoms with E-state index in [1.807, 2.05) is 109 Å². The van der Waals surface area contributed by atoms with Gasteiger partial charge < -0.3 is 42.9 Å². The van der Waals surface area contributed by atoms with E-state index in [1.54, 1.807) is 61.8 Å². The summed E-state index contributed by atoms with van der Waals surface area (Å²) in [6, 6.07) is 53.5. The Morgan fingerprint density at radius 2 is 1.01 bits per heavy atom. The highest BCUT2D eigenvalue weighted by molar-refractivity contribution is 7.93. The third-order valence-electron chi connectivity index (χ3n) is 16.6. The zero-order chi connectivity index (χ0) is 69.1. The first-order chi connectivity index (χ1) is 46.8. The van der Waals surface area contributed by atoms with Crippen LogP contribution >= 0.6 is 0 Å². The number of aromatic nitrogens is 2. The van der Waals surface area contributed by atoms with E-state index in [-0.39, 0.29) is 57.9 Å². The van der Waals surface area contributed by atoms with Crippen LogP contribution in [0.1, 0.15) is 82.7 Å². The summed E-state index contributed by atoms with van der Waals surface area (Å²) in [5.41, 5.74) is 6.12. The van der Waals surface area contributed by atoms with Crippen molar-refractivity contribution in [2.75, 3.05) is 60.6 Å². The number of hydrogen-bond acceptors (Lipinski definition) is 16. The number of imidazole rings is 1. The fourth-order valence-electron chi connectivity index (χ4n) is 11.5. The summed E-state index contributed by atoms with van der Waals surface area (Å²) in [6.07, 6.45) is 11.0. The largest absolute Gasteiger partial charge is 0.493 e. The molecule has 1 aliphatic heterocycles. The minimum Gasteiger partial charge on any atom is -0.493 e. The van der Waals surface area contributed by atoms with Crippen molar-refractivity contribution < 1.29 is 67.9 Å². The van der Waals surface area contributed by atoms with Crippen LogP contribution in [-0.4, -0.2) is 107 Å². The third-order valence-corrected chi connectivity index (χ3v) is 21.7. The van der Waals surface area contributed by atoms with Crippen LogP contribution in [0, 0.1) is 0 Å². The van der Waals surface area contributed by atoms with Gasteiger partial charge in [-0.3, -0.25) is 13.7 Å². The molecule has 12 rings (SSSR count). The Labute approximate surface area is 567 Å². The molecule has 1 fully saturated rings. The maximum Gasteiger partial charge on any atom is 0.325 e. The number of ether oxygens (including phenoxy) is 8. The average Bonchev–Trinajstić information content (AvgIpc) is 1.18. The second kappa shape index (κ2) is 33.4. The number of hydrogen-bond donors (Lipinski definition) is 2. The molecular weight excluding hydrogens is 1300 g/mol. The Bertz CT molecular complexity index is 4480. The van der Waals surface area contributed by atoms with Gasteiger partial charge in [0.1, 0.15) is 0 Å². The highest BCUT2D eigenvalue weighted by Crippen LogP contribution is 2.38. The van der Waals surface area contributed by atoms with Gasteiger partial charge in [0.25, 0.3) is 10.0 Å². The standard InChI is InChI=1S/C22H23NO4S.C17H20N2O4.2C17H19NO4S/c1-26-21-14-13-20(15-22(21)27-2)28(24,25)23(16-18-9-5-3-6-10-18)17-19-11-7-4-8-12-19;1-22-15-7-6-12(10-16(15)23-13-4-2-3-5-13)14(20)11-19-9-8-18-17(19)21;1-21-16-10-9-14(12-17(16)22-2)23(19,20)18-11-5-7-13-6-3-4-8-15(13)18;1-21-16-10-8-13(11-17(16)22-2)23(19,20)18-15-9-7-12-5-3-4-6-14(12)15/h3-15H,16-17H2,1-2H3;6-10,13H,2-5,11H2,1H3,(H,18,21);3-4,6,8-10,12H,5,7,11H2,1-2H3;3-6,8,10-11,15,18H,7,9H2,1-2H3/t;;;15-/m...1/s1. The van der Waals surface area contributed by atoms with Crippen molar-refractivity contribution in [2.45, 2.75) is 97.8 Å². The van der Waals surface area contributed by atoms with E-state index in [9.17, 15) is 34.8 Å². The van der Waals surface area contributed by atoms with Gasteiger partial charge in [-0.2, -0.15) is 4.31 Å². The van der Waals surface area contributed by atoms with Crippen LogP contribution in [0.15, 0.2) is 214 Å². The van der Waals surface area contributed by atoms with E-state index in [0.29, 0.717) is 58.1 Å². The Morgan fingerprint density at radius 1 is 0.515 bits per heavy atom. The van der Waals surface area contributed by atoms with Crippen molar-refractivity contribution in [3.05, 3.63) is 238 Å². The number of para-hydroxylation sites is 1. The quantitative estimate of drug-likeness (QED) is 0.0565. The van der Waals surface area contributed by atoms with Crippen molar-refractivity contribution in [1.29, 1.82) is 0 Å². The summed E-state index contributed by atoms with van der Waals surface area (Å²) < 4.78 is 128. The number of aryl methyl sites for hydroxylation is 2. The first-order valence-electron chi connectivity index (χ1n) is 31.4. The van der Waals surface area contributed by atoms with E-state index < -0.39 is 30.1 Å². The molecule has 2 aliphatic carbocycles. The average molecular weight is 1380 g/mol. The number of carbonyl (C=O) groups excluding carboxylic acids is 1. The zero-order valence-corrected chi connectivity index (χ0v) is 57.7. The molecule has 24 heteroatoms. The van der Waals surface area contributed by atoms with Gasteiger partial charge in [-0.05, 0) is 140 Å². The zero-order valence-electron chi connectivity index (χ0n) is 55.2. The molecular formula is C73H81N5O16S3. The number of Topliss-reactive ketones (excluding diaryl/α,β-unsaturated/α-hetero) is 1. The second-order valence-electron chi connectivity index (χ2n) is 22.7. The molecule has 0 spiro atoms. The number of H-pyrrole nitrogens is 1. The van der Waals surface area contributed by atoms with Crippen molar-refractivity contribution >= 4 is 41.5 Å². The number of rotatable bonds is 23. The number of ketones is 1. The van der Waals surface area contributed by atoms with Gasteiger partial charge in [0.2, 0.25) is 20.0 Å². The Hall–Kier alpha value is -9.59. The maximum absolute atomic E-state index is 13.4. The molecule has 2 N–H and O–H groups in total. The molecule has 0 saturated heterocycles. The minimum absolute atomic E-state index is 0.00245. The lowest BCUT2D eigenvalue weighted by Gasteiger charge is -2.30. The molecule has 1 atom stereocenters. The van der Waals surface area contributed by atoms with Crippen LogP contribution in [0.5, 0.6) is 46.0 Å². The predicted octanol–water partition coefficient (Wildman–Crippen LogP) is 12.0. The fraction of sp³-hybridized carbons (Fsp3) is 0.288. The van der Waals surface area contributed by atoms with Crippen molar-refractivity contribution in [3.8, 4) is 46.0 Å². The van der Waals surface area contributed by atoms with Gasteiger partial charge in [-0.1, -0.05) is 103 Å². The molecule has 0 radical (unpaired) electrons. The molecule has 1 aromatic heterocycles. The van der Waals surface area contributed by atoms with Crippen LogP contribution in [0.2, 0.25) is 0 Å². The maximum atomic E-state index is 13.4. The van der Waals surface area contributed by atoms with Gasteiger partial charge in [-0.15, -0.1) is 0 Å². The Balaban J connectivity index is 0.000000152. The first-order valence-corrected chi connectivity index (χ1v) is 35.8. The van der Waals surface area contributed by atoms with Crippen molar-refractivity contribution in [1.82, 2.24) is 18.6 Å². The number of carbonyl (C=O) groups is 1. The molecule has 97 heavy (non-hydrogen) atoms. The van der Waals surface area contributed by atoms with Crippen LogP contribution in [0.4, 0.5) is 5.69 Å². The lowest BCUT2D eigenvalue weighted by atomic mass is 10.0. The van der Waals surface area contributed by atoms with Gasteiger partial charge in [0.15, 0.2) is 51.8 Å². The van der Waals surface area contributed by atoms with E-state index in [0.717, 1.165) is 66.5 Å². The van der Waals surface area contributed by atoms with Crippen molar-refractivity contribution in [2.24, 2.45) is 0 Å². The van der Waals surface area contributed by atoms with Crippen LogP contribution < -0.4 is 52.6 Å². The monoisotopic (exact) mass is 1380 g/mol. The number of aromatic amines is 1. The summed E-state index contributed by atoms with van der Waals surface area (Å²) in [5, 5.41) is 0. The summed E-state index contributed by atoms with van der Waals surface area (Å²) in [7, 11) is -0.432. The van der Waals surface area contributed by atoms with Gasteiger partial charge >= 0.3 is 5.69 Å². The van der Waals surface area contributed by atoms with E-state index in [4.69, 9.17) is 37.9 Å². The van der Waals surface area contributed by atoms with E-state index in [1.165, 1.54) is 105 Å². The smallest absolute Gasteiger partial charge is 0.325 e. The Kier molecular flexibility index (Phi) is 24.7. The first kappa shape index (κ1) is 71.7. The number of fused-ring (bicyclic) bond motifs is 2. The molecule has 1 saturated carbocycles. The molecule has 0 unspecified atom stereocenters. The molecule has 2 heterocycles. The van der Waals surface area contributed by atoms with E-state index >= 15 is 0 Å². The van der Waals surface area contributed by atoms with Crippen LogP contribution in [0.25, 0.3) is 0 Å². The fourth-order valence-corrected chi connectivity index (χ4v) is 15.8. The topological polar surface area (TPSA) is 250 Å². The lowest BCUT2D eigenvalue weighted by molar-refractivity contribution is 0.0969. The lowest BCUT2D eigenvalue weighted by Crippen LogP contribution is -2.35. The number of sulfonamides is 3. The molecule has 8 aromatic carbocycles. The van der Waals surface area contributed by atoms with Gasteiger partial charge in [0, 0.05) is 61.8 Å². The Morgan fingerprint density at radius 3 is 1.58 bits per heavy atom. The molecule has 9 aromatic rings. The number of nitrogens with zero attached hydrogens (tertiary/aromatic N) is 3. The van der Waals surface area contributed by atoms with Crippen LogP contribution in [0.3, 0.4) is 0 Å². The molecule has 512 valence electrons. The summed E-state index contributed by atoms with van der Waals surface area (Å²) in [5.74, 6) is 3.72. The molecule has 21 nitrogen and oxygen atoms in total. The summed E-state index contributed by atoms with van der Waals surface area (Å²) in [4.78, 5) is 26.9. The number of nitrogens with one attached hydrogen (secondary N) is 2. The molecule has 3 aliphatic rings. The molecule has 0 bridgehead atoms. The number of methoxy groups -OCH3 is 7. The summed E-state index contributed by atoms with van der Waals surface area (Å²) in [6.45, 7) is 1.02. The second-order valence-corrected chi connectivity index (χ2v) is 28.2. The SMILES string of the molecule is COc1ccc(C(=O)Cn2cc[nH]c2=O)cc1OC1CCCC1.COc1ccc(S(=O)(=O)N(Cc2ccccc2)Cc2ccccc2)cc1OC.COc1ccc(S(=O)(=O)N2CCCc3ccccc32)cc1OC.COc1ccc(S(=O)(=O)N[C@@H]2CCc3ccccc32)cc1OC. The summed E-state index contributed by atoms with van der Waals surface area (Å²) >= 11 is 0. The van der Waals surface area contributed by atoms with Gasteiger partial charge in [0.05, 0.1) is 82.8 Å². The highest BCUT2D eigenvalue weighted by atomic mass is 32.2. The predicted molar refractivity (Wildman–Crippen MR) is 370 cm³/mol. The van der Waals surface area contributed by atoms with Crippen LogP contribution in [-0.2, 0) is 62.5 Å². The third kappa shape index (κ3) is 17.9. The molecule has 0 amide bonds.